The molecular weight excluding hydrogens is 641 g/mol. The van der Waals surface area contributed by atoms with E-state index in [1.165, 1.54) is 107 Å². The summed E-state index contributed by atoms with van der Waals surface area (Å²) in [4.78, 5) is 10.1. The summed E-state index contributed by atoms with van der Waals surface area (Å²) in [5.74, 6) is 1.18. The molecule has 0 spiro atoms. The number of rotatable bonds is 28. The molecule has 0 aromatic heterocycles. The third-order valence-corrected chi connectivity index (χ3v) is 7.95. The molecule has 0 amide bonds. The number of hydrogen-bond donors (Lipinski definition) is 1. The van der Waals surface area contributed by atoms with Crippen molar-refractivity contribution >= 4 is 29.3 Å². The first-order chi connectivity index (χ1) is 21.1. The van der Waals surface area contributed by atoms with Crippen LogP contribution in [0.25, 0.3) is 0 Å². The van der Waals surface area contributed by atoms with Gasteiger partial charge in [-0.1, -0.05) is 120 Å². The Morgan fingerprint density at radius 2 is 1.02 bits per heavy atom. The Balaban J connectivity index is -0.000000198. The summed E-state index contributed by atoms with van der Waals surface area (Å²) < 4.78 is 0. The molecule has 0 aliphatic rings. The van der Waals surface area contributed by atoms with Crippen LogP contribution in [0.2, 0.25) is 0 Å². The summed E-state index contributed by atoms with van der Waals surface area (Å²) in [6.45, 7) is 24.2. The van der Waals surface area contributed by atoms with Gasteiger partial charge >= 0.3 is 23.1 Å². The number of hydrogen-bond acceptors (Lipinski definition) is 2. The molecule has 0 rings (SSSR count). The zero-order valence-corrected chi connectivity index (χ0v) is 34.9. The molecule has 46 heavy (non-hydrogen) atoms. The second kappa shape index (κ2) is 47.0. The van der Waals surface area contributed by atoms with Crippen LogP contribution in [-0.4, -0.2) is 40.5 Å². The standard InChI is InChI=1S/C21H40O.C11H21.C10H18O.BrH.Mg/c1-5-6-7-8-9-10-11-12-13-17-21(22)18-20(4)16-14-15-19(2)3;1-3-5-7-9-11-10-8-6-4-2;1-9(2)5-4-6-10(3)7-8-11;;/h5,15,20-22H,1,6-14,16-18H2,2-4H3;3H,1-2,4-11H2;5,8,10H,4,6-7H2,1-3H3;1H;/q;-1;;;+2/p-1. The minimum atomic E-state index is -0.0886. The fraction of sp³-hybridized carbons (Fsp3) is 0.762. The molecule has 0 aromatic rings. The molecule has 0 aliphatic carbocycles. The number of aliphatic hydroxyl groups is 1. The molecule has 0 radical (unpaired) electrons. The van der Waals surface area contributed by atoms with Gasteiger partial charge in [-0.25, -0.2) is 0 Å². The van der Waals surface area contributed by atoms with Gasteiger partial charge in [0.1, 0.15) is 6.29 Å². The van der Waals surface area contributed by atoms with Crippen molar-refractivity contribution in [3.63, 3.8) is 0 Å². The molecule has 0 heterocycles. The van der Waals surface area contributed by atoms with Crippen LogP contribution in [0.5, 0.6) is 0 Å². The summed E-state index contributed by atoms with van der Waals surface area (Å²) in [6.07, 6.45) is 37.5. The molecule has 3 unspecified atom stereocenters. The number of aliphatic hydroxyl groups excluding tert-OH is 1. The topological polar surface area (TPSA) is 37.3 Å². The van der Waals surface area contributed by atoms with Gasteiger partial charge in [-0.15, -0.1) is 13.2 Å². The monoisotopic (exact) mass is 719 g/mol. The van der Waals surface area contributed by atoms with Crippen LogP contribution in [0.1, 0.15) is 189 Å². The van der Waals surface area contributed by atoms with Crippen LogP contribution < -0.4 is 17.0 Å². The zero-order valence-electron chi connectivity index (χ0n) is 31.9. The Kier molecular flexibility index (Phi) is 56.4. The van der Waals surface area contributed by atoms with E-state index in [9.17, 15) is 9.90 Å². The van der Waals surface area contributed by atoms with Crippen LogP contribution in [0.15, 0.2) is 48.6 Å². The molecule has 0 saturated heterocycles. The average molecular weight is 720 g/mol. The average Bonchev–Trinajstić information content (AvgIpc) is 2.96. The maximum absolute atomic E-state index is 10.1. The molecular formula is C42H79BrMgO2. The van der Waals surface area contributed by atoms with Crippen molar-refractivity contribution in [1.82, 2.24) is 0 Å². The van der Waals surface area contributed by atoms with Crippen molar-refractivity contribution in [2.75, 3.05) is 0 Å². The third kappa shape index (κ3) is 56.2. The summed E-state index contributed by atoms with van der Waals surface area (Å²) in [5, 5.41) is 10.1. The second-order valence-corrected chi connectivity index (χ2v) is 13.6. The van der Waals surface area contributed by atoms with Gasteiger partial charge in [0.2, 0.25) is 0 Å². The number of halogens is 1. The van der Waals surface area contributed by atoms with Gasteiger partial charge in [-0.05, 0) is 104 Å². The number of carbonyl (C=O) groups excluding carboxylic acids is 1. The fourth-order valence-corrected chi connectivity index (χ4v) is 5.02. The Morgan fingerprint density at radius 1 is 0.630 bits per heavy atom. The summed E-state index contributed by atoms with van der Waals surface area (Å²) >= 11 is 0. The van der Waals surface area contributed by atoms with E-state index in [0.717, 1.165) is 51.2 Å². The molecule has 0 bridgehead atoms. The van der Waals surface area contributed by atoms with Gasteiger partial charge < -0.3 is 33.8 Å². The van der Waals surface area contributed by atoms with Crippen molar-refractivity contribution in [2.45, 2.75) is 195 Å². The quantitative estimate of drug-likeness (QED) is 0.0287. The second-order valence-electron chi connectivity index (χ2n) is 13.6. The first-order valence-electron chi connectivity index (χ1n) is 18.5. The number of unbranched alkanes of at least 4 members (excludes halogenated alkanes) is 14. The Morgan fingerprint density at radius 3 is 1.41 bits per heavy atom. The van der Waals surface area contributed by atoms with Gasteiger partial charge in [0.25, 0.3) is 0 Å². The van der Waals surface area contributed by atoms with Gasteiger partial charge in [-0.3, -0.25) is 0 Å². The van der Waals surface area contributed by atoms with Crippen molar-refractivity contribution < 1.29 is 26.9 Å². The van der Waals surface area contributed by atoms with Gasteiger partial charge in [0.05, 0.1) is 6.10 Å². The Labute approximate surface area is 317 Å². The van der Waals surface area contributed by atoms with Crippen LogP contribution in [-0.2, 0) is 4.79 Å². The van der Waals surface area contributed by atoms with E-state index >= 15 is 0 Å². The van der Waals surface area contributed by atoms with Crippen LogP contribution >= 0.6 is 0 Å². The van der Waals surface area contributed by atoms with Gasteiger partial charge in [-0.2, -0.15) is 6.42 Å². The third-order valence-electron chi connectivity index (χ3n) is 7.95. The maximum atomic E-state index is 10.1. The SMILES string of the molecule is C=CCCCCCCCCCC(O)CC(C)CCC=C(C)C.C=CCCCCCCCC[CH2-].CC(C)=CCCC(C)CC=O.[Br-].[Mg+2]. The minimum Gasteiger partial charge on any atom is -1.00 e. The van der Waals surface area contributed by atoms with Crippen molar-refractivity contribution in [3.05, 3.63) is 55.5 Å². The Hall–Kier alpha value is -0.164. The van der Waals surface area contributed by atoms with E-state index in [0.29, 0.717) is 18.3 Å². The van der Waals surface area contributed by atoms with Crippen LogP contribution in [0, 0.1) is 18.8 Å². The number of allylic oxidation sites excluding steroid dienone is 6. The fourth-order valence-electron chi connectivity index (χ4n) is 5.02. The Bertz CT molecular complexity index is 665. The van der Waals surface area contributed by atoms with Crippen LogP contribution in [0.4, 0.5) is 0 Å². The molecule has 0 aromatic carbocycles. The predicted octanol–water partition coefficient (Wildman–Crippen LogP) is 10.5. The van der Waals surface area contributed by atoms with E-state index in [-0.39, 0.29) is 46.1 Å². The molecule has 268 valence electrons. The molecule has 4 heteroatoms. The molecule has 1 N–H and O–H groups in total. The zero-order chi connectivity index (χ0) is 33.7. The van der Waals surface area contributed by atoms with Gasteiger partial charge in [0, 0.05) is 6.42 Å². The first kappa shape index (κ1) is 55.3. The smallest absolute Gasteiger partial charge is 1.00 e. The van der Waals surface area contributed by atoms with E-state index < -0.39 is 0 Å². The minimum absolute atomic E-state index is 0. The largest absolute Gasteiger partial charge is 2.00 e. The normalized spacial score (nSPS) is 11.8. The molecule has 0 saturated carbocycles. The van der Waals surface area contributed by atoms with E-state index in [1.54, 1.807) is 0 Å². The number of aldehydes is 1. The van der Waals surface area contributed by atoms with E-state index in [1.807, 2.05) is 12.2 Å². The molecule has 0 aliphatic heterocycles. The first-order valence-corrected chi connectivity index (χ1v) is 18.5. The van der Waals surface area contributed by atoms with E-state index in [2.05, 4.69) is 73.8 Å². The van der Waals surface area contributed by atoms with Crippen molar-refractivity contribution in [2.24, 2.45) is 11.8 Å². The van der Waals surface area contributed by atoms with Crippen LogP contribution in [0.3, 0.4) is 0 Å². The van der Waals surface area contributed by atoms with Crippen molar-refractivity contribution in [1.29, 1.82) is 0 Å². The predicted molar refractivity (Wildman–Crippen MR) is 207 cm³/mol. The molecule has 0 fully saturated rings. The summed E-state index contributed by atoms with van der Waals surface area (Å²) in [7, 11) is 0. The number of carbonyl (C=O) groups is 1. The van der Waals surface area contributed by atoms with E-state index in [4.69, 9.17) is 0 Å². The molecule has 3 atom stereocenters. The summed E-state index contributed by atoms with van der Waals surface area (Å²) in [6, 6.07) is 0. The maximum Gasteiger partial charge on any atom is 2.00 e. The van der Waals surface area contributed by atoms with Crippen molar-refractivity contribution in [3.8, 4) is 0 Å². The summed E-state index contributed by atoms with van der Waals surface area (Å²) in [5.41, 5.74) is 2.76. The van der Waals surface area contributed by atoms with Gasteiger partial charge in [0.15, 0.2) is 0 Å². The molecule has 2 nitrogen and oxygen atoms in total.